The number of rotatable bonds is 9. The Kier molecular flexibility index (Phi) is 8.42. The summed E-state index contributed by atoms with van der Waals surface area (Å²) in [4.78, 5) is 6.58. The van der Waals surface area contributed by atoms with Crippen LogP contribution in [0.1, 0.15) is 45.1 Å². The number of aliphatic imine (C=N–C) groups is 1. The Labute approximate surface area is 170 Å². The highest BCUT2D eigenvalue weighted by Crippen LogP contribution is 2.34. The minimum atomic E-state index is 0.147. The van der Waals surface area contributed by atoms with Crippen LogP contribution < -0.4 is 20.1 Å². The Hall–Kier alpha value is -1.95. The standard InChI is InChI=1S/C22H38N4O2/c1-22(2,16-26(4)5)15-25-21(23-3)24-14-17-10-9-13-19(27-6)20(17)28-18-11-7-8-12-18/h9-10,13,18H,7-8,11-12,14-16H2,1-6H3,(H2,23,24,25). The number of benzene rings is 1. The Morgan fingerprint density at radius 3 is 2.54 bits per heavy atom. The second kappa shape index (κ2) is 10.6. The van der Waals surface area contributed by atoms with E-state index in [0.717, 1.165) is 49.0 Å². The molecule has 1 saturated carbocycles. The first-order chi connectivity index (χ1) is 13.3. The number of para-hydroxylation sites is 1. The number of hydrogen-bond acceptors (Lipinski definition) is 4. The SMILES string of the molecule is CN=C(NCc1cccc(OC)c1OC1CCCC1)NCC(C)(C)CN(C)C. The van der Waals surface area contributed by atoms with Crippen molar-refractivity contribution in [1.29, 1.82) is 0 Å². The van der Waals surface area contributed by atoms with Crippen LogP contribution in [-0.4, -0.2) is 58.3 Å². The lowest BCUT2D eigenvalue weighted by atomic mass is 9.93. The minimum Gasteiger partial charge on any atom is -0.493 e. The van der Waals surface area contributed by atoms with E-state index >= 15 is 0 Å². The minimum absolute atomic E-state index is 0.147. The Morgan fingerprint density at radius 2 is 1.93 bits per heavy atom. The van der Waals surface area contributed by atoms with Gasteiger partial charge in [0.15, 0.2) is 17.5 Å². The molecule has 6 nitrogen and oxygen atoms in total. The van der Waals surface area contributed by atoms with Gasteiger partial charge >= 0.3 is 0 Å². The summed E-state index contributed by atoms with van der Waals surface area (Å²) in [6, 6.07) is 6.06. The molecular weight excluding hydrogens is 352 g/mol. The van der Waals surface area contributed by atoms with Gasteiger partial charge in [-0.15, -0.1) is 0 Å². The normalized spacial score (nSPS) is 15.8. The molecule has 0 spiro atoms. The lowest BCUT2D eigenvalue weighted by Gasteiger charge is -2.29. The van der Waals surface area contributed by atoms with Crippen molar-refractivity contribution in [2.24, 2.45) is 10.4 Å². The molecule has 1 fully saturated rings. The Morgan fingerprint density at radius 1 is 1.21 bits per heavy atom. The van der Waals surface area contributed by atoms with Crippen molar-refractivity contribution >= 4 is 5.96 Å². The predicted octanol–water partition coefficient (Wildman–Crippen LogP) is 3.27. The summed E-state index contributed by atoms with van der Waals surface area (Å²) < 4.78 is 11.9. The first-order valence-electron chi connectivity index (χ1n) is 10.3. The highest BCUT2D eigenvalue weighted by Gasteiger charge is 2.21. The molecule has 1 aliphatic carbocycles. The van der Waals surface area contributed by atoms with Crippen molar-refractivity contribution in [3.63, 3.8) is 0 Å². The molecule has 0 atom stereocenters. The zero-order valence-electron chi connectivity index (χ0n) is 18.5. The largest absolute Gasteiger partial charge is 0.493 e. The van der Waals surface area contributed by atoms with Crippen LogP contribution in [0.25, 0.3) is 0 Å². The molecule has 0 unspecified atom stereocenters. The molecule has 2 rings (SSSR count). The summed E-state index contributed by atoms with van der Waals surface area (Å²) in [6.45, 7) is 6.99. The summed E-state index contributed by atoms with van der Waals surface area (Å²) in [5, 5.41) is 6.86. The van der Waals surface area contributed by atoms with Crippen molar-refractivity contribution in [2.45, 2.75) is 52.2 Å². The lowest BCUT2D eigenvalue weighted by molar-refractivity contribution is 0.198. The zero-order valence-corrected chi connectivity index (χ0v) is 18.5. The van der Waals surface area contributed by atoms with Crippen LogP contribution in [0.3, 0.4) is 0 Å². The van der Waals surface area contributed by atoms with Gasteiger partial charge in [-0.3, -0.25) is 4.99 Å². The predicted molar refractivity (Wildman–Crippen MR) is 116 cm³/mol. The average Bonchev–Trinajstić information content (AvgIpc) is 3.14. The summed E-state index contributed by atoms with van der Waals surface area (Å²) in [5.41, 5.74) is 1.23. The van der Waals surface area contributed by atoms with Crippen molar-refractivity contribution in [3.8, 4) is 11.5 Å². The van der Waals surface area contributed by atoms with Gasteiger partial charge in [-0.1, -0.05) is 26.0 Å². The summed E-state index contributed by atoms with van der Waals surface area (Å²) >= 11 is 0. The average molecular weight is 391 g/mol. The van der Waals surface area contributed by atoms with Crippen molar-refractivity contribution in [1.82, 2.24) is 15.5 Å². The zero-order chi connectivity index (χ0) is 20.6. The van der Waals surface area contributed by atoms with Gasteiger partial charge in [-0.2, -0.15) is 0 Å². The monoisotopic (exact) mass is 390 g/mol. The van der Waals surface area contributed by atoms with Crippen molar-refractivity contribution < 1.29 is 9.47 Å². The van der Waals surface area contributed by atoms with Crippen LogP contribution in [-0.2, 0) is 6.54 Å². The maximum Gasteiger partial charge on any atom is 0.191 e. The fourth-order valence-electron chi connectivity index (χ4n) is 3.80. The number of methoxy groups -OCH3 is 1. The van der Waals surface area contributed by atoms with Gasteiger partial charge in [0, 0.05) is 32.2 Å². The Balaban J connectivity index is 1.99. The first-order valence-corrected chi connectivity index (χ1v) is 10.3. The molecule has 0 radical (unpaired) electrons. The third-order valence-electron chi connectivity index (χ3n) is 5.02. The van der Waals surface area contributed by atoms with E-state index in [4.69, 9.17) is 9.47 Å². The van der Waals surface area contributed by atoms with Crippen LogP contribution in [0, 0.1) is 5.41 Å². The molecule has 0 aromatic heterocycles. The molecular formula is C22H38N4O2. The number of nitrogens with zero attached hydrogens (tertiary/aromatic N) is 2. The summed E-state index contributed by atoms with van der Waals surface area (Å²) in [7, 11) is 7.70. The molecule has 2 N–H and O–H groups in total. The molecule has 0 amide bonds. The van der Waals surface area contributed by atoms with E-state index in [1.807, 2.05) is 12.1 Å². The van der Waals surface area contributed by atoms with Crippen LogP contribution in [0.2, 0.25) is 0 Å². The van der Waals surface area contributed by atoms with Gasteiger partial charge in [-0.25, -0.2) is 0 Å². The number of ether oxygens (including phenoxy) is 2. The number of hydrogen-bond donors (Lipinski definition) is 2. The Bertz CT molecular complexity index is 637. The van der Waals surface area contributed by atoms with E-state index in [2.05, 4.69) is 54.5 Å². The summed E-state index contributed by atoms with van der Waals surface area (Å²) in [5.74, 6) is 2.44. The maximum atomic E-state index is 6.32. The van der Waals surface area contributed by atoms with Gasteiger partial charge < -0.3 is 25.0 Å². The van der Waals surface area contributed by atoms with Gasteiger partial charge in [-0.05, 0) is 51.3 Å². The molecule has 0 aliphatic heterocycles. The maximum absolute atomic E-state index is 6.32. The van der Waals surface area contributed by atoms with E-state index in [9.17, 15) is 0 Å². The van der Waals surface area contributed by atoms with Crippen LogP contribution in [0.4, 0.5) is 0 Å². The topological polar surface area (TPSA) is 58.1 Å². The number of nitrogens with one attached hydrogen (secondary N) is 2. The molecule has 1 aromatic rings. The lowest BCUT2D eigenvalue weighted by Crippen LogP contribution is -2.44. The van der Waals surface area contributed by atoms with Crippen molar-refractivity contribution in [3.05, 3.63) is 23.8 Å². The van der Waals surface area contributed by atoms with Crippen LogP contribution in [0.5, 0.6) is 11.5 Å². The third-order valence-corrected chi connectivity index (χ3v) is 5.02. The molecule has 28 heavy (non-hydrogen) atoms. The van der Waals surface area contributed by atoms with Crippen LogP contribution >= 0.6 is 0 Å². The van der Waals surface area contributed by atoms with Crippen molar-refractivity contribution in [2.75, 3.05) is 41.3 Å². The highest BCUT2D eigenvalue weighted by atomic mass is 16.5. The molecule has 158 valence electrons. The fourth-order valence-corrected chi connectivity index (χ4v) is 3.80. The van der Waals surface area contributed by atoms with Gasteiger partial charge in [0.1, 0.15) is 0 Å². The van der Waals surface area contributed by atoms with E-state index < -0.39 is 0 Å². The molecule has 0 heterocycles. The fraction of sp³-hybridized carbons (Fsp3) is 0.682. The highest BCUT2D eigenvalue weighted by molar-refractivity contribution is 5.79. The third kappa shape index (κ3) is 6.89. The molecule has 1 aliphatic rings. The van der Waals surface area contributed by atoms with Gasteiger partial charge in [0.05, 0.1) is 13.2 Å². The molecule has 1 aromatic carbocycles. The molecule has 0 saturated heterocycles. The second-order valence-corrected chi connectivity index (χ2v) is 8.65. The first kappa shape index (κ1) is 22.3. The summed E-state index contributed by atoms with van der Waals surface area (Å²) in [6.07, 6.45) is 5.02. The van der Waals surface area contributed by atoms with E-state index in [1.165, 1.54) is 12.8 Å². The second-order valence-electron chi connectivity index (χ2n) is 8.65. The number of guanidine groups is 1. The molecule has 6 heteroatoms. The van der Waals surface area contributed by atoms with Gasteiger partial charge in [0.2, 0.25) is 0 Å². The quantitative estimate of drug-likeness (QED) is 0.501. The van der Waals surface area contributed by atoms with Crippen LogP contribution in [0.15, 0.2) is 23.2 Å². The van der Waals surface area contributed by atoms with E-state index in [-0.39, 0.29) is 5.41 Å². The van der Waals surface area contributed by atoms with Gasteiger partial charge in [0.25, 0.3) is 0 Å². The molecule has 0 bridgehead atoms. The smallest absolute Gasteiger partial charge is 0.191 e. The van der Waals surface area contributed by atoms with E-state index in [0.29, 0.717) is 12.6 Å². The van der Waals surface area contributed by atoms with E-state index in [1.54, 1.807) is 14.2 Å².